The maximum atomic E-state index is 12.3. The van der Waals surface area contributed by atoms with Crippen molar-refractivity contribution in [2.45, 2.75) is 19.8 Å². The molecule has 102 valence electrons. The molecule has 0 saturated carbocycles. The summed E-state index contributed by atoms with van der Waals surface area (Å²) < 4.78 is 0. The Morgan fingerprint density at radius 2 is 1.84 bits per heavy atom. The van der Waals surface area contributed by atoms with Crippen LogP contribution in [0.3, 0.4) is 0 Å². The summed E-state index contributed by atoms with van der Waals surface area (Å²) in [6.45, 7) is 2.79. The van der Waals surface area contributed by atoms with Crippen molar-refractivity contribution in [2.24, 2.45) is 5.92 Å². The first kappa shape index (κ1) is 14.4. The Labute approximate surface area is 122 Å². The maximum Gasteiger partial charge on any atom is 0.255 e. The van der Waals surface area contributed by atoms with Gasteiger partial charge in [0.15, 0.2) is 0 Å². The highest BCUT2D eigenvalue weighted by atomic mass is 35.5. The molecular formula is C14H15Cl2NO2. The zero-order chi connectivity index (χ0) is 14.0. The summed E-state index contributed by atoms with van der Waals surface area (Å²) in [4.78, 5) is 25.4. The van der Waals surface area contributed by atoms with Crippen LogP contribution in [0.15, 0.2) is 18.2 Å². The van der Waals surface area contributed by atoms with E-state index in [0.717, 1.165) is 12.8 Å². The first-order chi connectivity index (χ1) is 8.99. The van der Waals surface area contributed by atoms with Gasteiger partial charge in [-0.05, 0) is 38.0 Å². The van der Waals surface area contributed by atoms with Gasteiger partial charge in [-0.15, -0.1) is 0 Å². The topological polar surface area (TPSA) is 37.4 Å². The fourth-order valence-corrected chi connectivity index (χ4v) is 2.69. The van der Waals surface area contributed by atoms with Crippen molar-refractivity contribution in [3.05, 3.63) is 33.8 Å². The summed E-state index contributed by atoms with van der Waals surface area (Å²) >= 11 is 11.9. The van der Waals surface area contributed by atoms with Gasteiger partial charge < -0.3 is 4.90 Å². The first-order valence-electron chi connectivity index (χ1n) is 6.24. The van der Waals surface area contributed by atoms with Crippen molar-refractivity contribution in [3.63, 3.8) is 0 Å². The second-order valence-electron chi connectivity index (χ2n) is 4.80. The van der Waals surface area contributed by atoms with Crippen LogP contribution in [0, 0.1) is 5.92 Å². The van der Waals surface area contributed by atoms with Gasteiger partial charge in [0.2, 0.25) is 0 Å². The lowest BCUT2D eigenvalue weighted by Crippen LogP contribution is -2.40. The van der Waals surface area contributed by atoms with E-state index < -0.39 is 0 Å². The van der Waals surface area contributed by atoms with Gasteiger partial charge in [-0.25, -0.2) is 0 Å². The van der Waals surface area contributed by atoms with Gasteiger partial charge >= 0.3 is 0 Å². The van der Waals surface area contributed by atoms with Crippen LogP contribution < -0.4 is 0 Å². The number of hydrogen-bond acceptors (Lipinski definition) is 2. The van der Waals surface area contributed by atoms with E-state index in [9.17, 15) is 9.59 Å². The molecule has 1 aromatic carbocycles. The van der Waals surface area contributed by atoms with Gasteiger partial charge in [0, 0.05) is 24.0 Å². The summed E-state index contributed by atoms with van der Waals surface area (Å²) in [6, 6.07) is 4.87. The van der Waals surface area contributed by atoms with Crippen LogP contribution in [0.1, 0.15) is 30.1 Å². The number of nitrogens with zero attached hydrogens (tertiary/aromatic N) is 1. The molecule has 1 aromatic rings. The summed E-state index contributed by atoms with van der Waals surface area (Å²) in [5.74, 6) is 0.168. The minimum absolute atomic E-state index is 0.0823. The number of halogens is 2. The van der Waals surface area contributed by atoms with Gasteiger partial charge in [0.05, 0.1) is 10.6 Å². The van der Waals surface area contributed by atoms with E-state index in [0.29, 0.717) is 28.7 Å². The molecule has 5 heteroatoms. The lowest BCUT2D eigenvalue weighted by molar-refractivity contribution is -0.121. The predicted molar refractivity (Wildman–Crippen MR) is 75.8 cm³/mol. The number of carbonyl (C=O) groups excluding carboxylic acids is 2. The van der Waals surface area contributed by atoms with E-state index in [4.69, 9.17) is 23.2 Å². The van der Waals surface area contributed by atoms with E-state index in [1.54, 1.807) is 30.0 Å². The van der Waals surface area contributed by atoms with Gasteiger partial charge in [-0.2, -0.15) is 0 Å². The highest BCUT2D eigenvalue weighted by molar-refractivity contribution is 6.35. The second-order valence-corrected chi connectivity index (χ2v) is 5.64. The number of rotatable bonds is 2. The predicted octanol–water partition coefficient (Wildman–Crippen LogP) is 3.43. The monoisotopic (exact) mass is 299 g/mol. The molecule has 1 saturated heterocycles. The van der Waals surface area contributed by atoms with E-state index >= 15 is 0 Å². The Hall–Kier alpha value is -1.06. The van der Waals surface area contributed by atoms with Crippen LogP contribution in [0.2, 0.25) is 10.0 Å². The largest absolute Gasteiger partial charge is 0.339 e. The summed E-state index contributed by atoms with van der Waals surface area (Å²) in [5, 5.41) is 0.898. The Morgan fingerprint density at radius 1 is 1.21 bits per heavy atom. The molecule has 0 N–H and O–H groups in total. The lowest BCUT2D eigenvalue weighted by Gasteiger charge is -2.31. The Bertz CT molecular complexity index is 508. The number of likely N-dealkylation sites (tertiary alicyclic amines) is 1. The minimum atomic E-state index is -0.116. The Morgan fingerprint density at radius 3 is 2.42 bits per heavy atom. The molecule has 1 amide bonds. The molecule has 0 aliphatic carbocycles. The van der Waals surface area contributed by atoms with Crippen LogP contribution in [0.25, 0.3) is 0 Å². The van der Waals surface area contributed by atoms with Gasteiger partial charge in [-0.3, -0.25) is 9.59 Å². The normalized spacial score (nSPS) is 16.5. The molecule has 0 aromatic heterocycles. The fourth-order valence-electron chi connectivity index (χ4n) is 2.32. The fraction of sp³-hybridized carbons (Fsp3) is 0.429. The van der Waals surface area contributed by atoms with Crippen LogP contribution in [0.5, 0.6) is 0 Å². The summed E-state index contributed by atoms with van der Waals surface area (Å²) in [6.07, 6.45) is 1.44. The molecule has 0 unspecified atom stereocenters. The Balaban J connectivity index is 2.09. The van der Waals surface area contributed by atoms with Gasteiger partial charge in [0.1, 0.15) is 5.78 Å². The van der Waals surface area contributed by atoms with E-state index in [1.165, 1.54) is 0 Å². The number of benzene rings is 1. The lowest BCUT2D eigenvalue weighted by atomic mass is 9.93. The zero-order valence-corrected chi connectivity index (χ0v) is 12.2. The zero-order valence-electron chi connectivity index (χ0n) is 10.7. The van der Waals surface area contributed by atoms with Gasteiger partial charge in [0.25, 0.3) is 5.91 Å². The number of Topliss-reactive ketones (excluding diaryl/α,β-unsaturated/α-hetero) is 1. The SMILES string of the molecule is CC(=O)C1CCN(C(=O)c2cc(Cl)ccc2Cl)CC1. The standard InChI is InChI=1S/C14H15Cl2NO2/c1-9(18)10-4-6-17(7-5-10)14(19)12-8-11(15)2-3-13(12)16/h2-3,8,10H,4-7H2,1H3. The van der Waals surface area contributed by atoms with Crippen molar-refractivity contribution in [3.8, 4) is 0 Å². The number of hydrogen-bond donors (Lipinski definition) is 0. The van der Waals surface area contributed by atoms with E-state index in [1.807, 2.05) is 0 Å². The number of carbonyl (C=O) groups is 2. The van der Waals surface area contributed by atoms with Gasteiger partial charge in [-0.1, -0.05) is 23.2 Å². The molecule has 0 atom stereocenters. The molecule has 0 spiro atoms. The highest BCUT2D eigenvalue weighted by Gasteiger charge is 2.26. The average molecular weight is 300 g/mol. The minimum Gasteiger partial charge on any atom is -0.339 e. The molecule has 0 radical (unpaired) electrons. The number of amides is 1. The summed E-state index contributed by atoms with van der Waals surface area (Å²) in [7, 11) is 0. The molecule has 1 heterocycles. The average Bonchev–Trinajstić information content (AvgIpc) is 2.41. The van der Waals surface area contributed by atoms with Crippen molar-refractivity contribution < 1.29 is 9.59 Å². The maximum absolute atomic E-state index is 12.3. The van der Waals surface area contributed by atoms with E-state index in [2.05, 4.69) is 0 Å². The van der Waals surface area contributed by atoms with Crippen LogP contribution >= 0.6 is 23.2 Å². The third-order valence-electron chi connectivity index (χ3n) is 3.52. The summed E-state index contributed by atoms with van der Waals surface area (Å²) in [5.41, 5.74) is 0.426. The smallest absolute Gasteiger partial charge is 0.255 e. The highest BCUT2D eigenvalue weighted by Crippen LogP contribution is 2.25. The van der Waals surface area contributed by atoms with Crippen LogP contribution in [-0.2, 0) is 4.79 Å². The van der Waals surface area contributed by atoms with Crippen LogP contribution in [-0.4, -0.2) is 29.7 Å². The molecular weight excluding hydrogens is 285 g/mol. The van der Waals surface area contributed by atoms with Crippen molar-refractivity contribution in [2.75, 3.05) is 13.1 Å². The quantitative estimate of drug-likeness (QED) is 0.839. The molecule has 1 aliphatic rings. The van der Waals surface area contributed by atoms with Crippen molar-refractivity contribution in [1.82, 2.24) is 4.90 Å². The van der Waals surface area contributed by atoms with Crippen LogP contribution in [0.4, 0.5) is 0 Å². The molecule has 3 nitrogen and oxygen atoms in total. The third kappa shape index (κ3) is 3.28. The van der Waals surface area contributed by atoms with E-state index in [-0.39, 0.29) is 17.6 Å². The molecule has 19 heavy (non-hydrogen) atoms. The molecule has 1 fully saturated rings. The third-order valence-corrected chi connectivity index (χ3v) is 4.08. The number of piperidine rings is 1. The Kier molecular flexibility index (Phi) is 4.48. The first-order valence-corrected chi connectivity index (χ1v) is 6.99. The van der Waals surface area contributed by atoms with Crippen molar-refractivity contribution >= 4 is 34.9 Å². The molecule has 1 aliphatic heterocycles. The number of ketones is 1. The van der Waals surface area contributed by atoms with Crippen molar-refractivity contribution in [1.29, 1.82) is 0 Å². The molecule has 0 bridgehead atoms. The molecule has 2 rings (SSSR count). The second kappa shape index (κ2) is 5.93.